The van der Waals surface area contributed by atoms with Crippen LogP contribution in [-0.4, -0.2) is 40.7 Å². The SMILES string of the molecule is O=C(Cc1c[nH]c2ccccc12)NNC(=O)C1CCN(C(=O)/C=C/c2ccccc2)CC1. The standard InChI is InChI=1S/C25H26N4O3/c30-23(16-20-17-26-22-9-5-4-8-21(20)22)27-28-25(32)19-12-14-29(15-13-19)24(31)11-10-18-6-2-1-3-7-18/h1-11,17,19,26H,12-16H2,(H,27,30)(H,28,32)/b11-10+. The first-order valence-corrected chi connectivity index (χ1v) is 10.8. The number of piperidine rings is 1. The first-order chi connectivity index (χ1) is 15.6. The lowest BCUT2D eigenvalue weighted by Gasteiger charge is -2.30. The summed E-state index contributed by atoms with van der Waals surface area (Å²) in [5.41, 5.74) is 7.87. The molecule has 0 aliphatic carbocycles. The number of amides is 3. The van der Waals surface area contributed by atoms with Gasteiger partial charge in [0.2, 0.25) is 17.7 Å². The smallest absolute Gasteiger partial charge is 0.246 e. The zero-order chi connectivity index (χ0) is 22.3. The number of rotatable bonds is 5. The molecule has 4 rings (SSSR count). The molecule has 0 atom stereocenters. The van der Waals surface area contributed by atoms with E-state index in [1.807, 2.05) is 60.8 Å². The summed E-state index contributed by atoms with van der Waals surface area (Å²) >= 11 is 0. The number of likely N-dealkylation sites (tertiary alicyclic amines) is 1. The molecular formula is C25H26N4O3. The van der Waals surface area contributed by atoms with E-state index < -0.39 is 0 Å². The Kier molecular flexibility index (Phi) is 6.65. The van der Waals surface area contributed by atoms with Gasteiger partial charge in [-0.25, -0.2) is 0 Å². The summed E-state index contributed by atoms with van der Waals surface area (Å²) < 4.78 is 0. The lowest BCUT2D eigenvalue weighted by atomic mass is 9.96. The molecule has 2 heterocycles. The molecule has 3 N–H and O–H groups in total. The van der Waals surface area contributed by atoms with Crippen LogP contribution in [0.5, 0.6) is 0 Å². The van der Waals surface area contributed by atoms with Crippen molar-refractivity contribution in [3.63, 3.8) is 0 Å². The third kappa shape index (κ3) is 5.24. The Labute approximate surface area is 186 Å². The Morgan fingerprint density at radius 3 is 2.47 bits per heavy atom. The third-order valence-electron chi connectivity index (χ3n) is 5.75. The molecule has 1 aliphatic heterocycles. The van der Waals surface area contributed by atoms with Gasteiger partial charge in [0.25, 0.3) is 0 Å². The molecule has 1 aromatic heterocycles. The molecular weight excluding hydrogens is 404 g/mol. The van der Waals surface area contributed by atoms with E-state index in [0.717, 1.165) is 22.0 Å². The van der Waals surface area contributed by atoms with Crippen molar-refractivity contribution in [2.75, 3.05) is 13.1 Å². The average Bonchev–Trinajstić information content (AvgIpc) is 3.24. The van der Waals surface area contributed by atoms with Crippen LogP contribution in [0, 0.1) is 5.92 Å². The number of H-pyrrole nitrogens is 1. The molecule has 0 spiro atoms. The number of aromatic nitrogens is 1. The number of carbonyl (C=O) groups is 3. The lowest BCUT2D eigenvalue weighted by molar-refractivity contribution is -0.134. The largest absolute Gasteiger partial charge is 0.361 e. The van der Waals surface area contributed by atoms with E-state index in [9.17, 15) is 14.4 Å². The molecule has 7 nitrogen and oxygen atoms in total. The van der Waals surface area contributed by atoms with Gasteiger partial charge >= 0.3 is 0 Å². The number of fused-ring (bicyclic) bond motifs is 1. The molecule has 0 bridgehead atoms. The van der Waals surface area contributed by atoms with E-state index in [-0.39, 0.29) is 30.1 Å². The second-order valence-electron chi connectivity index (χ2n) is 7.92. The van der Waals surface area contributed by atoms with Crippen molar-refractivity contribution >= 4 is 34.7 Å². The first kappa shape index (κ1) is 21.4. The van der Waals surface area contributed by atoms with Crippen LogP contribution >= 0.6 is 0 Å². The summed E-state index contributed by atoms with van der Waals surface area (Å²) in [4.78, 5) is 42.0. The Morgan fingerprint density at radius 1 is 0.969 bits per heavy atom. The molecule has 1 saturated heterocycles. The van der Waals surface area contributed by atoms with Crippen LogP contribution in [0.4, 0.5) is 0 Å². The van der Waals surface area contributed by atoms with Gasteiger partial charge in [0.05, 0.1) is 6.42 Å². The number of nitrogens with one attached hydrogen (secondary N) is 3. The average molecular weight is 431 g/mol. The van der Waals surface area contributed by atoms with Gasteiger partial charge < -0.3 is 9.88 Å². The first-order valence-electron chi connectivity index (χ1n) is 10.8. The molecule has 3 amide bonds. The Bertz CT molecular complexity index is 1130. The number of nitrogens with zero attached hydrogens (tertiary/aromatic N) is 1. The summed E-state index contributed by atoms with van der Waals surface area (Å²) in [7, 11) is 0. The molecule has 164 valence electrons. The van der Waals surface area contributed by atoms with E-state index >= 15 is 0 Å². The van der Waals surface area contributed by atoms with Gasteiger partial charge in [0.15, 0.2) is 0 Å². The van der Waals surface area contributed by atoms with Crippen molar-refractivity contribution < 1.29 is 14.4 Å². The molecule has 0 radical (unpaired) electrons. The zero-order valence-electron chi connectivity index (χ0n) is 17.7. The maximum atomic E-state index is 12.5. The molecule has 0 unspecified atom stereocenters. The second kappa shape index (κ2) is 9.96. The second-order valence-corrected chi connectivity index (χ2v) is 7.92. The van der Waals surface area contributed by atoms with Crippen molar-refractivity contribution in [1.29, 1.82) is 0 Å². The summed E-state index contributed by atoms with van der Waals surface area (Å²) in [6.07, 6.45) is 6.48. The Morgan fingerprint density at radius 2 is 1.69 bits per heavy atom. The molecule has 3 aromatic rings. The topological polar surface area (TPSA) is 94.3 Å². The summed E-state index contributed by atoms with van der Waals surface area (Å²) in [5, 5.41) is 0.993. The summed E-state index contributed by atoms with van der Waals surface area (Å²) in [5.74, 6) is -0.781. The van der Waals surface area contributed by atoms with Crippen LogP contribution in [0.25, 0.3) is 17.0 Å². The van der Waals surface area contributed by atoms with Crippen molar-refractivity contribution in [3.8, 4) is 0 Å². The number of hydrogen-bond acceptors (Lipinski definition) is 3. The van der Waals surface area contributed by atoms with Crippen LogP contribution in [0.3, 0.4) is 0 Å². The normalized spacial score (nSPS) is 14.6. The highest BCUT2D eigenvalue weighted by molar-refractivity contribution is 5.92. The Hall–Kier alpha value is -3.87. The van der Waals surface area contributed by atoms with Gasteiger partial charge in [-0.2, -0.15) is 0 Å². The van der Waals surface area contributed by atoms with Crippen LogP contribution in [-0.2, 0) is 20.8 Å². The predicted octanol–water partition coefficient (Wildman–Crippen LogP) is 2.81. The predicted molar refractivity (Wildman–Crippen MR) is 123 cm³/mol. The number of hydrogen-bond donors (Lipinski definition) is 3. The van der Waals surface area contributed by atoms with Gasteiger partial charge in [0, 0.05) is 42.2 Å². The highest BCUT2D eigenvalue weighted by Crippen LogP contribution is 2.19. The zero-order valence-corrected chi connectivity index (χ0v) is 17.7. The number of para-hydroxylation sites is 1. The molecule has 2 aromatic carbocycles. The van der Waals surface area contributed by atoms with Gasteiger partial charge in [-0.15, -0.1) is 0 Å². The van der Waals surface area contributed by atoms with E-state index in [4.69, 9.17) is 0 Å². The summed E-state index contributed by atoms with van der Waals surface area (Å²) in [6, 6.07) is 17.4. The van der Waals surface area contributed by atoms with Crippen LogP contribution < -0.4 is 10.9 Å². The summed E-state index contributed by atoms with van der Waals surface area (Å²) in [6.45, 7) is 1.03. The minimum absolute atomic E-state index is 0.0558. The van der Waals surface area contributed by atoms with Crippen LogP contribution in [0.15, 0.2) is 66.9 Å². The molecule has 1 aliphatic rings. The fourth-order valence-corrected chi connectivity index (χ4v) is 3.93. The highest BCUT2D eigenvalue weighted by atomic mass is 16.2. The minimum atomic E-state index is -0.276. The minimum Gasteiger partial charge on any atom is -0.361 e. The number of benzene rings is 2. The van der Waals surface area contributed by atoms with Gasteiger partial charge in [-0.1, -0.05) is 48.5 Å². The maximum Gasteiger partial charge on any atom is 0.246 e. The van der Waals surface area contributed by atoms with Crippen molar-refractivity contribution in [2.24, 2.45) is 5.92 Å². The van der Waals surface area contributed by atoms with Gasteiger partial charge in [0.1, 0.15) is 0 Å². The van der Waals surface area contributed by atoms with E-state index in [2.05, 4.69) is 15.8 Å². The van der Waals surface area contributed by atoms with Gasteiger partial charge in [-0.05, 0) is 36.1 Å². The maximum absolute atomic E-state index is 12.5. The molecule has 32 heavy (non-hydrogen) atoms. The fourth-order valence-electron chi connectivity index (χ4n) is 3.93. The van der Waals surface area contributed by atoms with E-state index in [1.54, 1.807) is 17.1 Å². The number of aromatic amines is 1. The molecule has 7 heteroatoms. The quantitative estimate of drug-likeness (QED) is 0.429. The molecule has 0 saturated carbocycles. The monoisotopic (exact) mass is 430 g/mol. The van der Waals surface area contributed by atoms with E-state index in [1.165, 1.54) is 0 Å². The number of hydrazine groups is 1. The Balaban J connectivity index is 1.21. The molecule has 1 fully saturated rings. The van der Waals surface area contributed by atoms with Gasteiger partial charge in [-0.3, -0.25) is 25.2 Å². The van der Waals surface area contributed by atoms with Crippen molar-refractivity contribution in [3.05, 3.63) is 78.0 Å². The highest BCUT2D eigenvalue weighted by Gasteiger charge is 2.26. The van der Waals surface area contributed by atoms with Crippen LogP contribution in [0.2, 0.25) is 0 Å². The van der Waals surface area contributed by atoms with Crippen molar-refractivity contribution in [2.45, 2.75) is 19.3 Å². The van der Waals surface area contributed by atoms with Crippen molar-refractivity contribution in [1.82, 2.24) is 20.7 Å². The third-order valence-corrected chi connectivity index (χ3v) is 5.75. The van der Waals surface area contributed by atoms with E-state index in [0.29, 0.717) is 25.9 Å². The lowest BCUT2D eigenvalue weighted by Crippen LogP contribution is -2.48. The van der Waals surface area contributed by atoms with Crippen LogP contribution in [0.1, 0.15) is 24.0 Å². The fraction of sp³-hybridized carbons (Fsp3) is 0.240. The number of carbonyl (C=O) groups excluding carboxylic acids is 3.